The SMILES string of the molecule is Cc1cc(Sc2cnccn2)cc(C)c1-c1csc(N)n1.Cc1cc(Sc2cnccn2)cc(C)c1-c1csc(N)n1. The summed E-state index contributed by atoms with van der Waals surface area (Å²) in [4.78, 5) is 27.8. The lowest BCUT2D eigenvalue weighted by molar-refractivity contribution is 1.05. The highest BCUT2D eigenvalue weighted by molar-refractivity contribution is 7.99. The van der Waals surface area contributed by atoms with E-state index in [1.807, 2.05) is 10.8 Å². The van der Waals surface area contributed by atoms with E-state index in [2.05, 4.69) is 81.9 Å². The van der Waals surface area contributed by atoms with E-state index >= 15 is 0 Å². The number of nitrogens with zero attached hydrogens (tertiary/aromatic N) is 6. The van der Waals surface area contributed by atoms with Gasteiger partial charge in [-0.2, -0.15) is 0 Å². The molecule has 0 aliphatic carbocycles. The third-order valence-corrected chi connectivity index (χ3v) is 9.22. The third-order valence-electron chi connectivity index (χ3n) is 6.09. The number of aryl methyl sites for hydroxylation is 4. The first kappa shape index (κ1) is 29.6. The van der Waals surface area contributed by atoms with Gasteiger partial charge in [-0.3, -0.25) is 9.97 Å². The average Bonchev–Trinajstić information content (AvgIpc) is 3.57. The lowest BCUT2D eigenvalue weighted by atomic mass is 10.0. The fraction of sp³-hybridized carbons (Fsp3) is 0.133. The highest BCUT2D eigenvalue weighted by Gasteiger charge is 2.13. The number of thiazole rings is 2. The molecular formula is C30H28N8S4. The summed E-state index contributed by atoms with van der Waals surface area (Å²) in [6.07, 6.45) is 10.3. The zero-order valence-corrected chi connectivity index (χ0v) is 26.7. The first-order valence-corrected chi connectivity index (χ1v) is 16.2. The summed E-state index contributed by atoms with van der Waals surface area (Å²) in [5, 5.41) is 6.98. The predicted molar refractivity (Wildman–Crippen MR) is 175 cm³/mol. The smallest absolute Gasteiger partial charge is 0.180 e. The minimum Gasteiger partial charge on any atom is -0.375 e. The highest BCUT2D eigenvalue weighted by atomic mass is 32.2. The van der Waals surface area contributed by atoms with E-state index in [0.29, 0.717) is 10.3 Å². The Kier molecular flexibility index (Phi) is 9.48. The molecule has 0 aliphatic heterocycles. The molecule has 4 N–H and O–H groups in total. The van der Waals surface area contributed by atoms with Crippen LogP contribution in [-0.2, 0) is 0 Å². The number of benzene rings is 2. The van der Waals surface area contributed by atoms with E-state index in [0.717, 1.165) is 42.4 Å². The zero-order chi connectivity index (χ0) is 29.6. The van der Waals surface area contributed by atoms with Gasteiger partial charge in [0.25, 0.3) is 0 Å². The normalized spacial score (nSPS) is 10.8. The summed E-state index contributed by atoms with van der Waals surface area (Å²) in [6.45, 7) is 8.38. The van der Waals surface area contributed by atoms with Gasteiger partial charge in [-0.25, -0.2) is 19.9 Å². The standard InChI is InChI=1S/2C15H14N4S2/c2*1-9-5-11(21-13-7-17-3-4-18-13)6-10(2)14(9)12-8-20-15(16)19-12/h2*3-8H,1-2H3,(H2,16,19). The number of aromatic nitrogens is 6. The average molecular weight is 629 g/mol. The summed E-state index contributed by atoms with van der Waals surface area (Å²) in [7, 11) is 0. The molecule has 0 radical (unpaired) electrons. The molecule has 0 aliphatic rings. The number of rotatable bonds is 6. The van der Waals surface area contributed by atoms with E-state index in [4.69, 9.17) is 11.5 Å². The van der Waals surface area contributed by atoms with Gasteiger partial charge in [0, 0.05) is 56.5 Å². The minimum atomic E-state index is 0.599. The monoisotopic (exact) mass is 628 g/mol. The molecule has 0 bridgehead atoms. The molecule has 12 heteroatoms. The number of nitrogen functional groups attached to an aromatic ring is 2. The van der Waals surface area contributed by atoms with Crippen LogP contribution in [0.3, 0.4) is 0 Å². The Hall–Kier alpha value is -3.84. The Balaban J connectivity index is 0.000000168. The molecule has 0 spiro atoms. The zero-order valence-electron chi connectivity index (χ0n) is 23.4. The molecule has 212 valence electrons. The van der Waals surface area contributed by atoms with E-state index in [1.54, 1.807) is 60.7 Å². The van der Waals surface area contributed by atoms with Crippen molar-refractivity contribution in [1.82, 2.24) is 29.9 Å². The molecule has 4 aromatic heterocycles. The minimum absolute atomic E-state index is 0.599. The Morgan fingerprint density at radius 1 is 0.571 bits per heavy atom. The maximum atomic E-state index is 5.74. The molecule has 4 heterocycles. The maximum Gasteiger partial charge on any atom is 0.180 e. The topological polar surface area (TPSA) is 129 Å². The van der Waals surface area contributed by atoms with Crippen LogP contribution in [0.2, 0.25) is 0 Å². The van der Waals surface area contributed by atoms with Crippen molar-refractivity contribution in [2.75, 3.05) is 11.5 Å². The van der Waals surface area contributed by atoms with E-state index in [9.17, 15) is 0 Å². The van der Waals surface area contributed by atoms with Gasteiger partial charge in [0.05, 0.1) is 23.8 Å². The first-order chi connectivity index (χ1) is 20.3. The van der Waals surface area contributed by atoms with E-state index in [1.165, 1.54) is 44.9 Å². The van der Waals surface area contributed by atoms with Crippen LogP contribution in [0.15, 0.2) is 92.0 Å². The molecule has 0 atom stereocenters. The van der Waals surface area contributed by atoms with Crippen molar-refractivity contribution in [3.63, 3.8) is 0 Å². The van der Waals surface area contributed by atoms with Crippen LogP contribution >= 0.6 is 46.2 Å². The van der Waals surface area contributed by atoms with E-state index in [-0.39, 0.29) is 0 Å². The van der Waals surface area contributed by atoms with Crippen molar-refractivity contribution in [2.24, 2.45) is 0 Å². The molecule has 0 fully saturated rings. The largest absolute Gasteiger partial charge is 0.375 e. The summed E-state index contributed by atoms with van der Waals surface area (Å²) < 4.78 is 0. The van der Waals surface area contributed by atoms with Gasteiger partial charge in [0.15, 0.2) is 10.3 Å². The molecule has 6 rings (SSSR count). The summed E-state index contributed by atoms with van der Waals surface area (Å²) in [6, 6.07) is 8.60. The number of hydrogen-bond acceptors (Lipinski definition) is 12. The second-order valence-corrected chi connectivity index (χ2v) is 13.3. The van der Waals surface area contributed by atoms with Crippen molar-refractivity contribution in [3.8, 4) is 22.5 Å². The van der Waals surface area contributed by atoms with Crippen LogP contribution in [0.5, 0.6) is 0 Å². The second-order valence-electron chi connectivity index (χ2n) is 9.30. The lowest BCUT2D eigenvalue weighted by Crippen LogP contribution is -1.91. The molecule has 2 aromatic carbocycles. The van der Waals surface area contributed by atoms with Gasteiger partial charge in [-0.05, 0) is 74.2 Å². The molecule has 0 saturated carbocycles. The summed E-state index contributed by atoms with van der Waals surface area (Å²) >= 11 is 6.15. The van der Waals surface area contributed by atoms with Gasteiger partial charge >= 0.3 is 0 Å². The van der Waals surface area contributed by atoms with Crippen LogP contribution in [0.25, 0.3) is 22.5 Å². The third kappa shape index (κ3) is 7.32. The van der Waals surface area contributed by atoms with Crippen molar-refractivity contribution in [2.45, 2.75) is 47.5 Å². The Bertz CT molecular complexity index is 1620. The van der Waals surface area contributed by atoms with Gasteiger partial charge < -0.3 is 11.5 Å². The van der Waals surface area contributed by atoms with Gasteiger partial charge in [0.1, 0.15) is 10.1 Å². The van der Waals surface area contributed by atoms with Crippen LogP contribution in [0, 0.1) is 27.7 Å². The second kappa shape index (κ2) is 13.4. The molecule has 8 nitrogen and oxygen atoms in total. The Morgan fingerprint density at radius 3 is 1.24 bits per heavy atom. The number of hydrogen-bond donors (Lipinski definition) is 2. The summed E-state index contributed by atoms with van der Waals surface area (Å²) in [5.74, 6) is 0. The lowest BCUT2D eigenvalue weighted by Gasteiger charge is -2.10. The van der Waals surface area contributed by atoms with Crippen LogP contribution in [0.4, 0.5) is 10.3 Å². The Labute approximate surface area is 261 Å². The molecule has 42 heavy (non-hydrogen) atoms. The fourth-order valence-electron chi connectivity index (χ4n) is 4.50. The van der Waals surface area contributed by atoms with Gasteiger partial charge in [-0.15, -0.1) is 22.7 Å². The van der Waals surface area contributed by atoms with Crippen molar-refractivity contribution >= 4 is 56.5 Å². The molecule has 0 amide bonds. The molecule has 6 aromatic rings. The number of nitrogens with two attached hydrogens (primary N) is 2. The molecule has 0 unspecified atom stereocenters. The van der Waals surface area contributed by atoms with Crippen LogP contribution in [-0.4, -0.2) is 29.9 Å². The first-order valence-electron chi connectivity index (χ1n) is 12.8. The summed E-state index contributed by atoms with van der Waals surface area (Å²) in [5.41, 5.74) is 20.4. The van der Waals surface area contributed by atoms with Crippen molar-refractivity contribution in [1.29, 1.82) is 0 Å². The maximum absolute atomic E-state index is 5.74. The van der Waals surface area contributed by atoms with Crippen molar-refractivity contribution in [3.05, 3.63) is 94.5 Å². The van der Waals surface area contributed by atoms with Crippen molar-refractivity contribution < 1.29 is 0 Å². The van der Waals surface area contributed by atoms with Crippen LogP contribution in [0.1, 0.15) is 22.3 Å². The molecular weight excluding hydrogens is 601 g/mol. The quantitative estimate of drug-likeness (QED) is 0.188. The van der Waals surface area contributed by atoms with Gasteiger partial charge in [0.2, 0.25) is 0 Å². The highest BCUT2D eigenvalue weighted by Crippen LogP contribution is 2.36. The van der Waals surface area contributed by atoms with Crippen LogP contribution < -0.4 is 11.5 Å². The Morgan fingerprint density at radius 2 is 0.952 bits per heavy atom. The number of anilines is 2. The molecule has 0 saturated heterocycles. The van der Waals surface area contributed by atoms with Gasteiger partial charge in [-0.1, -0.05) is 23.5 Å². The van der Waals surface area contributed by atoms with E-state index < -0.39 is 0 Å². The predicted octanol–water partition coefficient (Wildman–Crippen LogP) is 7.90. The fourth-order valence-corrected chi connectivity index (χ4v) is 7.48.